The summed E-state index contributed by atoms with van der Waals surface area (Å²) < 4.78 is 2.38. The molecule has 0 spiro atoms. The zero-order chi connectivity index (χ0) is 9.97. The molecule has 72 valence electrons. The predicted octanol–water partition coefficient (Wildman–Crippen LogP) is 2.71. The van der Waals surface area contributed by atoms with Gasteiger partial charge in [0.1, 0.15) is 6.54 Å². The molecule has 2 aromatic rings. The van der Waals surface area contributed by atoms with Crippen molar-refractivity contribution in [1.82, 2.24) is 0 Å². The van der Waals surface area contributed by atoms with Gasteiger partial charge in [-0.3, -0.25) is 0 Å². The van der Waals surface area contributed by atoms with Gasteiger partial charge in [-0.25, -0.2) is 0 Å². The molecular weight excluding hydrogens is 170 g/mol. The lowest BCUT2D eigenvalue weighted by Gasteiger charge is -2.03. The van der Waals surface area contributed by atoms with Crippen molar-refractivity contribution in [1.29, 1.82) is 0 Å². The quantitative estimate of drug-likeness (QED) is 0.635. The van der Waals surface area contributed by atoms with Gasteiger partial charge in [-0.1, -0.05) is 19.1 Å². The summed E-state index contributed by atoms with van der Waals surface area (Å²) in [7, 11) is 0. The van der Waals surface area contributed by atoms with Crippen molar-refractivity contribution in [2.75, 3.05) is 0 Å². The zero-order valence-corrected chi connectivity index (χ0v) is 8.83. The van der Waals surface area contributed by atoms with Gasteiger partial charge in [0, 0.05) is 23.9 Å². The van der Waals surface area contributed by atoms with E-state index in [1.165, 1.54) is 16.6 Å². The highest BCUT2D eigenvalue weighted by Crippen LogP contribution is 2.10. The maximum Gasteiger partial charge on any atom is 0.212 e. The van der Waals surface area contributed by atoms with Crippen molar-refractivity contribution < 1.29 is 4.57 Å². The summed E-state index contributed by atoms with van der Waals surface area (Å²) >= 11 is 0. The molecule has 0 aliphatic heterocycles. The summed E-state index contributed by atoms with van der Waals surface area (Å²) in [5.74, 6) is 0. The smallest absolute Gasteiger partial charge is 0.196 e. The maximum absolute atomic E-state index is 2.38. The SMILES string of the molecule is CCc1ccc2ccccc2[n+]1CC. The lowest BCUT2D eigenvalue weighted by Crippen LogP contribution is -2.37. The standard InChI is InChI=1S/C13H16N/c1-3-12-10-9-11-7-5-6-8-13(11)14(12)4-2/h5-10H,3-4H2,1-2H3/q+1. The molecule has 14 heavy (non-hydrogen) atoms. The molecule has 1 heterocycles. The fourth-order valence-corrected chi connectivity index (χ4v) is 1.99. The molecular formula is C13H16N+. The molecule has 0 saturated carbocycles. The van der Waals surface area contributed by atoms with Crippen molar-refractivity contribution in [3.05, 3.63) is 42.1 Å². The summed E-state index contributed by atoms with van der Waals surface area (Å²) in [6.07, 6.45) is 1.10. The van der Waals surface area contributed by atoms with E-state index >= 15 is 0 Å². The van der Waals surface area contributed by atoms with Gasteiger partial charge >= 0.3 is 0 Å². The molecule has 1 aromatic carbocycles. The van der Waals surface area contributed by atoms with Crippen LogP contribution in [0.4, 0.5) is 0 Å². The Hall–Kier alpha value is -1.37. The average Bonchev–Trinajstić information content (AvgIpc) is 2.27. The molecule has 0 unspecified atom stereocenters. The predicted molar refractivity (Wildman–Crippen MR) is 59.2 cm³/mol. The van der Waals surface area contributed by atoms with Crippen LogP contribution in [0.5, 0.6) is 0 Å². The van der Waals surface area contributed by atoms with Crippen LogP contribution in [0.3, 0.4) is 0 Å². The van der Waals surface area contributed by atoms with Gasteiger partial charge < -0.3 is 0 Å². The van der Waals surface area contributed by atoms with Crippen LogP contribution in [0, 0.1) is 0 Å². The van der Waals surface area contributed by atoms with E-state index in [4.69, 9.17) is 0 Å². The van der Waals surface area contributed by atoms with Gasteiger partial charge in [-0.15, -0.1) is 0 Å². The Kier molecular flexibility index (Phi) is 2.49. The first kappa shape index (κ1) is 9.20. The molecule has 0 fully saturated rings. The summed E-state index contributed by atoms with van der Waals surface area (Å²) in [5, 5.41) is 1.33. The minimum Gasteiger partial charge on any atom is -0.196 e. The molecule has 0 radical (unpaired) electrons. The largest absolute Gasteiger partial charge is 0.212 e. The molecule has 0 amide bonds. The molecule has 0 atom stereocenters. The Morgan fingerprint density at radius 1 is 1.00 bits per heavy atom. The molecule has 1 heteroatoms. The van der Waals surface area contributed by atoms with E-state index in [2.05, 4.69) is 54.8 Å². The summed E-state index contributed by atoms with van der Waals surface area (Å²) in [6.45, 7) is 5.45. The highest BCUT2D eigenvalue weighted by molar-refractivity contribution is 5.75. The first-order valence-corrected chi connectivity index (χ1v) is 5.27. The third-order valence-corrected chi connectivity index (χ3v) is 2.71. The Labute approximate surface area is 85.0 Å². The molecule has 0 N–H and O–H groups in total. The molecule has 1 aromatic heterocycles. The number of aryl methyl sites for hydroxylation is 2. The molecule has 0 aliphatic carbocycles. The monoisotopic (exact) mass is 186 g/mol. The van der Waals surface area contributed by atoms with E-state index in [9.17, 15) is 0 Å². The second-order valence-corrected chi connectivity index (χ2v) is 3.48. The molecule has 0 saturated heterocycles. The third-order valence-electron chi connectivity index (χ3n) is 2.71. The molecule has 2 rings (SSSR count). The number of pyridine rings is 1. The van der Waals surface area contributed by atoms with Gasteiger partial charge in [0.2, 0.25) is 5.52 Å². The highest BCUT2D eigenvalue weighted by atomic mass is 15.0. The number of fused-ring (bicyclic) bond motifs is 1. The first-order valence-electron chi connectivity index (χ1n) is 5.27. The number of benzene rings is 1. The number of rotatable bonds is 2. The summed E-state index contributed by atoms with van der Waals surface area (Å²) in [4.78, 5) is 0. The van der Waals surface area contributed by atoms with Crippen LogP contribution < -0.4 is 4.57 Å². The van der Waals surface area contributed by atoms with Crippen LogP contribution in [0.25, 0.3) is 10.9 Å². The van der Waals surface area contributed by atoms with E-state index in [-0.39, 0.29) is 0 Å². The molecule has 0 bridgehead atoms. The summed E-state index contributed by atoms with van der Waals surface area (Å²) in [6, 6.07) is 13.0. The number of nitrogens with zero attached hydrogens (tertiary/aromatic N) is 1. The van der Waals surface area contributed by atoms with Gasteiger partial charge in [0.05, 0.1) is 0 Å². The van der Waals surface area contributed by atoms with E-state index < -0.39 is 0 Å². The maximum atomic E-state index is 2.38. The average molecular weight is 186 g/mol. The highest BCUT2D eigenvalue weighted by Gasteiger charge is 2.10. The third kappa shape index (κ3) is 1.39. The Morgan fingerprint density at radius 3 is 2.50 bits per heavy atom. The van der Waals surface area contributed by atoms with Crippen LogP contribution in [0.15, 0.2) is 36.4 Å². The fourth-order valence-electron chi connectivity index (χ4n) is 1.99. The summed E-state index contributed by atoms with van der Waals surface area (Å²) in [5.41, 5.74) is 2.75. The van der Waals surface area contributed by atoms with Gasteiger partial charge in [-0.05, 0) is 19.1 Å². The van der Waals surface area contributed by atoms with Crippen molar-refractivity contribution in [3.63, 3.8) is 0 Å². The number of hydrogen-bond acceptors (Lipinski definition) is 0. The molecule has 0 aliphatic rings. The Bertz CT molecular complexity index is 446. The van der Waals surface area contributed by atoms with Gasteiger partial charge in [0.15, 0.2) is 5.69 Å². The van der Waals surface area contributed by atoms with Crippen LogP contribution in [0.2, 0.25) is 0 Å². The van der Waals surface area contributed by atoms with Crippen LogP contribution in [-0.2, 0) is 13.0 Å². The number of hydrogen-bond donors (Lipinski definition) is 0. The topological polar surface area (TPSA) is 3.88 Å². The van der Waals surface area contributed by atoms with Crippen LogP contribution in [0.1, 0.15) is 19.5 Å². The van der Waals surface area contributed by atoms with Crippen LogP contribution >= 0.6 is 0 Å². The minimum absolute atomic E-state index is 1.05. The second-order valence-electron chi connectivity index (χ2n) is 3.48. The zero-order valence-electron chi connectivity index (χ0n) is 8.83. The lowest BCUT2D eigenvalue weighted by atomic mass is 10.1. The van der Waals surface area contributed by atoms with E-state index in [1.807, 2.05) is 0 Å². The first-order chi connectivity index (χ1) is 6.86. The fraction of sp³-hybridized carbons (Fsp3) is 0.308. The Morgan fingerprint density at radius 2 is 1.79 bits per heavy atom. The minimum atomic E-state index is 1.05. The van der Waals surface area contributed by atoms with Crippen molar-refractivity contribution in [2.45, 2.75) is 26.8 Å². The van der Waals surface area contributed by atoms with E-state index in [1.54, 1.807) is 0 Å². The van der Waals surface area contributed by atoms with Crippen molar-refractivity contribution in [3.8, 4) is 0 Å². The lowest BCUT2D eigenvalue weighted by molar-refractivity contribution is -0.675. The Balaban J connectivity index is 2.77. The van der Waals surface area contributed by atoms with E-state index in [0.717, 1.165) is 13.0 Å². The molecule has 1 nitrogen and oxygen atoms in total. The van der Waals surface area contributed by atoms with Crippen molar-refractivity contribution in [2.24, 2.45) is 0 Å². The van der Waals surface area contributed by atoms with E-state index in [0.29, 0.717) is 0 Å². The normalized spacial score (nSPS) is 10.7. The second kappa shape index (κ2) is 3.79. The number of aromatic nitrogens is 1. The van der Waals surface area contributed by atoms with Crippen molar-refractivity contribution >= 4 is 10.9 Å². The number of para-hydroxylation sites is 1. The van der Waals surface area contributed by atoms with Gasteiger partial charge in [0.25, 0.3) is 0 Å². The van der Waals surface area contributed by atoms with Gasteiger partial charge in [-0.2, -0.15) is 4.57 Å². The van der Waals surface area contributed by atoms with Crippen LogP contribution in [-0.4, -0.2) is 0 Å².